The maximum absolute atomic E-state index is 12.7. The van der Waals surface area contributed by atoms with Gasteiger partial charge in [0.15, 0.2) is 0 Å². The monoisotopic (exact) mass is 471 g/mol. The Labute approximate surface area is 197 Å². The minimum Gasteiger partial charge on any atom is -0.486 e. The van der Waals surface area contributed by atoms with E-state index in [9.17, 15) is 4.79 Å². The fourth-order valence-corrected chi connectivity index (χ4v) is 4.54. The summed E-state index contributed by atoms with van der Waals surface area (Å²) in [5, 5.41) is 4.44. The van der Waals surface area contributed by atoms with Crippen molar-refractivity contribution in [1.82, 2.24) is 15.2 Å². The van der Waals surface area contributed by atoms with Gasteiger partial charge in [-0.3, -0.25) is 9.69 Å². The minimum atomic E-state index is -0.115. The summed E-state index contributed by atoms with van der Waals surface area (Å²) in [6, 6.07) is 15.5. The molecular weight excluding hydrogens is 446 g/mol. The standard InChI is InChI=1S/C24H26ClN3O3S/c1-17-23(32-22(27-17)16-31-21-7-5-20(25)6-8-21)24(29)26-14-18-3-2-4-19(13-18)15-28-9-11-30-12-10-28/h2-8,13H,9-12,14-16H2,1H3,(H,26,29). The van der Waals surface area contributed by atoms with Crippen LogP contribution in [0.15, 0.2) is 48.5 Å². The fraction of sp³-hybridized carbons (Fsp3) is 0.333. The summed E-state index contributed by atoms with van der Waals surface area (Å²) in [6.07, 6.45) is 0. The molecule has 1 aliphatic rings. The number of aromatic nitrogens is 1. The predicted molar refractivity (Wildman–Crippen MR) is 126 cm³/mol. The quantitative estimate of drug-likeness (QED) is 0.526. The number of hydrogen-bond acceptors (Lipinski definition) is 6. The zero-order valence-corrected chi connectivity index (χ0v) is 19.5. The molecule has 1 amide bonds. The average Bonchev–Trinajstić information content (AvgIpc) is 3.18. The molecule has 4 rings (SSSR count). The van der Waals surface area contributed by atoms with Crippen molar-refractivity contribution < 1.29 is 14.3 Å². The molecule has 1 aromatic heterocycles. The topological polar surface area (TPSA) is 63.7 Å². The summed E-state index contributed by atoms with van der Waals surface area (Å²) >= 11 is 7.26. The molecule has 168 valence electrons. The van der Waals surface area contributed by atoms with Crippen molar-refractivity contribution >= 4 is 28.8 Å². The van der Waals surface area contributed by atoms with E-state index in [0.717, 1.165) is 43.4 Å². The number of carbonyl (C=O) groups is 1. The van der Waals surface area contributed by atoms with Crippen molar-refractivity contribution in [1.29, 1.82) is 0 Å². The first-order chi connectivity index (χ1) is 15.6. The average molecular weight is 472 g/mol. The Bertz CT molecular complexity index is 1050. The Morgan fingerprint density at radius 2 is 1.94 bits per heavy atom. The van der Waals surface area contributed by atoms with E-state index in [0.29, 0.717) is 34.5 Å². The Morgan fingerprint density at radius 1 is 1.19 bits per heavy atom. The van der Waals surface area contributed by atoms with Crippen molar-refractivity contribution in [2.75, 3.05) is 26.3 Å². The van der Waals surface area contributed by atoms with Crippen LogP contribution in [-0.2, 0) is 24.4 Å². The van der Waals surface area contributed by atoms with Gasteiger partial charge in [0.2, 0.25) is 0 Å². The zero-order valence-electron chi connectivity index (χ0n) is 18.0. The number of benzene rings is 2. The third kappa shape index (κ3) is 6.29. The van der Waals surface area contributed by atoms with Crippen LogP contribution < -0.4 is 10.1 Å². The van der Waals surface area contributed by atoms with E-state index in [1.165, 1.54) is 16.9 Å². The van der Waals surface area contributed by atoms with Gasteiger partial charge in [0.05, 0.1) is 18.9 Å². The molecule has 0 atom stereocenters. The van der Waals surface area contributed by atoms with E-state index in [4.69, 9.17) is 21.1 Å². The summed E-state index contributed by atoms with van der Waals surface area (Å²) in [5.41, 5.74) is 3.04. The lowest BCUT2D eigenvalue weighted by Crippen LogP contribution is -2.35. The molecule has 2 heterocycles. The molecule has 6 nitrogen and oxygen atoms in total. The first-order valence-electron chi connectivity index (χ1n) is 10.6. The van der Waals surface area contributed by atoms with Crippen LogP contribution in [0.5, 0.6) is 5.75 Å². The number of thiazole rings is 1. The van der Waals surface area contributed by atoms with Gasteiger partial charge in [0.1, 0.15) is 22.2 Å². The van der Waals surface area contributed by atoms with E-state index in [-0.39, 0.29) is 5.91 Å². The van der Waals surface area contributed by atoms with E-state index in [1.807, 2.05) is 31.2 Å². The van der Waals surface area contributed by atoms with Gasteiger partial charge in [-0.15, -0.1) is 11.3 Å². The van der Waals surface area contributed by atoms with Gasteiger partial charge in [0.25, 0.3) is 5.91 Å². The Balaban J connectivity index is 1.31. The summed E-state index contributed by atoms with van der Waals surface area (Å²) in [7, 11) is 0. The van der Waals surface area contributed by atoms with Crippen molar-refractivity contribution in [2.24, 2.45) is 0 Å². The second kappa shape index (κ2) is 10.9. The second-order valence-corrected chi connectivity index (χ2v) is 9.18. The number of ether oxygens (including phenoxy) is 2. The predicted octanol–water partition coefficient (Wildman–Crippen LogP) is 4.45. The van der Waals surface area contributed by atoms with Crippen LogP contribution >= 0.6 is 22.9 Å². The van der Waals surface area contributed by atoms with Gasteiger partial charge in [-0.2, -0.15) is 0 Å². The highest BCUT2D eigenvalue weighted by Gasteiger charge is 2.16. The highest BCUT2D eigenvalue weighted by atomic mass is 35.5. The summed E-state index contributed by atoms with van der Waals surface area (Å²) in [6.45, 7) is 7.02. The molecule has 1 fully saturated rings. The molecule has 0 saturated carbocycles. The maximum atomic E-state index is 12.7. The number of nitrogens with one attached hydrogen (secondary N) is 1. The largest absolute Gasteiger partial charge is 0.486 e. The SMILES string of the molecule is Cc1nc(COc2ccc(Cl)cc2)sc1C(=O)NCc1cccc(CN2CCOCC2)c1. The molecule has 1 N–H and O–H groups in total. The molecule has 1 aliphatic heterocycles. The Morgan fingerprint density at radius 3 is 2.72 bits per heavy atom. The summed E-state index contributed by atoms with van der Waals surface area (Å²) in [5.74, 6) is 0.599. The van der Waals surface area contributed by atoms with Crippen LogP contribution in [0, 0.1) is 6.92 Å². The molecule has 8 heteroatoms. The van der Waals surface area contributed by atoms with Crippen LogP contribution in [0.2, 0.25) is 5.02 Å². The van der Waals surface area contributed by atoms with Gasteiger partial charge < -0.3 is 14.8 Å². The Hall–Kier alpha value is -2.45. The number of rotatable bonds is 8. The van der Waals surface area contributed by atoms with Crippen LogP contribution in [0.1, 0.15) is 31.5 Å². The van der Waals surface area contributed by atoms with Crippen molar-refractivity contribution in [2.45, 2.75) is 26.6 Å². The van der Waals surface area contributed by atoms with Gasteiger partial charge in [-0.1, -0.05) is 35.9 Å². The normalized spacial score (nSPS) is 14.3. The molecule has 0 bridgehead atoms. The molecule has 0 radical (unpaired) electrons. The lowest BCUT2D eigenvalue weighted by atomic mass is 10.1. The van der Waals surface area contributed by atoms with E-state index in [1.54, 1.807) is 12.1 Å². The molecule has 1 saturated heterocycles. The lowest BCUT2D eigenvalue weighted by Gasteiger charge is -2.26. The Kier molecular flexibility index (Phi) is 7.76. The van der Waals surface area contributed by atoms with Crippen LogP contribution in [0.4, 0.5) is 0 Å². The minimum absolute atomic E-state index is 0.115. The molecule has 0 aliphatic carbocycles. The first kappa shape index (κ1) is 22.7. The number of amides is 1. The van der Waals surface area contributed by atoms with Gasteiger partial charge in [-0.25, -0.2) is 4.98 Å². The highest BCUT2D eigenvalue weighted by molar-refractivity contribution is 7.13. The third-order valence-corrected chi connectivity index (χ3v) is 6.56. The van der Waals surface area contributed by atoms with Crippen LogP contribution in [0.25, 0.3) is 0 Å². The number of aryl methyl sites for hydroxylation is 1. The lowest BCUT2D eigenvalue weighted by molar-refractivity contribution is 0.0342. The van der Waals surface area contributed by atoms with Crippen molar-refractivity contribution in [3.05, 3.63) is 80.3 Å². The summed E-state index contributed by atoms with van der Waals surface area (Å²) < 4.78 is 11.2. The van der Waals surface area contributed by atoms with Gasteiger partial charge in [0, 0.05) is 31.2 Å². The molecule has 0 unspecified atom stereocenters. The van der Waals surface area contributed by atoms with Crippen LogP contribution in [-0.4, -0.2) is 42.1 Å². The number of morpholine rings is 1. The van der Waals surface area contributed by atoms with Crippen molar-refractivity contribution in [3.63, 3.8) is 0 Å². The smallest absolute Gasteiger partial charge is 0.263 e. The molecule has 0 spiro atoms. The fourth-order valence-electron chi connectivity index (χ4n) is 3.52. The van der Waals surface area contributed by atoms with Crippen LogP contribution in [0.3, 0.4) is 0 Å². The molecule has 3 aromatic rings. The van der Waals surface area contributed by atoms with Gasteiger partial charge in [-0.05, 0) is 42.3 Å². The highest BCUT2D eigenvalue weighted by Crippen LogP contribution is 2.21. The molecule has 32 heavy (non-hydrogen) atoms. The number of carbonyl (C=O) groups excluding carboxylic acids is 1. The number of halogens is 1. The number of nitrogens with zero attached hydrogens (tertiary/aromatic N) is 2. The van der Waals surface area contributed by atoms with Gasteiger partial charge >= 0.3 is 0 Å². The maximum Gasteiger partial charge on any atom is 0.263 e. The van der Waals surface area contributed by atoms with E-state index >= 15 is 0 Å². The second-order valence-electron chi connectivity index (χ2n) is 7.66. The number of hydrogen-bond donors (Lipinski definition) is 1. The van der Waals surface area contributed by atoms with E-state index < -0.39 is 0 Å². The third-order valence-electron chi connectivity index (χ3n) is 5.18. The first-order valence-corrected chi connectivity index (χ1v) is 11.8. The molecule has 2 aromatic carbocycles. The zero-order chi connectivity index (χ0) is 22.3. The summed E-state index contributed by atoms with van der Waals surface area (Å²) in [4.78, 5) is 20.2. The van der Waals surface area contributed by atoms with E-state index in [2.05, 4.69) is 27.3 Å². The molecular formula is C24H26ClN3O3S. The van der Waals surface area contributed by atoms with Crippen molar-refractivity contribution in [3.8, 4) is 5.75 Å².